The molecule has 5 nitrogen and oxygen atoms in total. The molecule has 5 heteroatoms. The van der Waals surface area contributed by atoms with Crippen molar-refractivity contribution in [1.82, 2.24) is 4.90 Å². The van der Waals surface area contributed by atoms with Gasteiger partial charge in [-0.1, -0.05) is 0 Å². The molecule has 132 valence electrons. The van der Waals surface area contributed by atoms with Gasteiger partial charge in [0.15, 0.2) is 0 Å². The molecule has 1 saturated heterocycles. The first-order chi connectivity index (χ1) is 12.2. The molecule has 0 unspecified atom stereocenters. The van der Waals surface area contributed by atoms with Gasteiger partial charge in [-0.05, 0) is 68.4 Å². The Bertz CT molecular complexity index is 721. The molecule has 4 N–H and O–H groups in total. The second-order valence-electron chi connectivity index (χ2n) is 6.35. The fourth-order valence-electron chi connectivity index (χ4n) is 3.10. The van der Waals surface area contributed by atoms with Gasteiger partial charge >= 0.3 is 0 Å². The number of rotatable bonds is 7. The highest BCUT2D eigenvalue weighted by Crippen LogP contribution is 2.22. The molecule has 0 saturated carbocycles. The third-order valence-corrected chi connectivity index (χ3v) is 4.63. The van der Waals surface area contributed by atoms with Crippen molar-refractivity contribution < 1.29 is 4.74 Å². The standard InChI is InChI=1S/C20H26N4O/c1-23-16-6-9-19(21)18(14-16)20(22)15-4-7-17(8-5-15)25-13-12-24-10-2-3-11-24/h4-9,14,22-23H,2-3,10-13,21H2,1H3. The molecule has 0 aromatic heterocycles. The van der Waals surface area contributed by atoms with Gasteiger partial charge in [0, 0.05) is 36.1 Å². The molecule has 0 amide bonds. The summed E-state index contributed by atoms with van der Waals surface area (Å²) < 4.78 is 5.82. The molecular weight excluding hydrogens is 312 g/mol. The SMILES string of the molecule is CNc1ccc(N)c(C(=N)c2ccc(OCCN3CCCC3)cc2)c1. The average Bonchev–Trinajstić information content (AvgIpc) is 3.16. The Morgan fingerprint density at radius 2 is 1.88 bits per heavy atom. The number of benzene rings is 2. The summed E-state index contributed by atoms with van der Waals surface area (Å²) in [6.45, 7) is 4.05. The Labute approximate surface area is 149 Å². The fourth-order valence-corrected chi connectivity index (χ4v) is 3.10. The van der Waals surface area contributed by atoms with Crippen LogP contribution >= 0.6 is 0 Å². The van der Waals surface area contributed by atoms with Gasteiger partial charge in [0.1, 0.15) is 12.4 Å². The largest absolute Gasteiger partial charge is 0.492 e. The molecule has 1 aliphatic rings. The van der Waals surface area contributed by atoms with Crippen LogP contribution in [0.5, 0.6) is 5.75 Å². The molecule has 1 fully saturated rings. The summed E-state index contributed by atoms with van der Waals surface area (Å²) in [5.74, 6) is 0.840. The van der Waals surface area contributed by atoms with E-state index in [9.17, 15) is 0 Å². The topological polar surface area (TPSA) is 74.4 Å². The van der Waals surface area contributed by atoms with Crippen molar-refractivity contribution in [3.8, 4) is 5.75 Å². The predicted molar refractivity (Wildman–Crippen MR) is 104 cm³/mol. The molecule has 0 radical (unpaired) electrons. The van der Waals surface area contributed by atoms with Gasteiger partial charge in [-0.3, -0.25) is 10.3 Å². The van der Waals surface area contributed by atoms with E-state index in [0.717, 1.165) is 29.1 Å². The second kappa shape index (κ2) is 8.03. The zero-order valence-electron chi connectivity index (χ0n) is 14.7. The highest BCUT2D eigenvalue weighted by molar-refractivity contribution is 6.14. The van der Waals surface area contributed by atoms with Crippen LogP contribution in [-0.4, -0.2) is 43.9 Å². The van der Waals surface area contributed by atoms with Crippen LogP contribution in [0.3, 0.4) is 0 Å². The first-order valence-corrected chi connectivity index (χ1v) is 8.79. The fraction of sp³-hybridized carbons (Fsp3) is 0.350. The van der Waals surface area contributed by atoms with Crippen molar-refractivity contribution >= 4 is 17.1 Å². The van der Waals surface area contributed by atoms with E-state index in [0.29, 0.717) is 18.0 Å². The molecular formula is C20H26N4O. The van der Waals surface area contributed by atoms with E-state index >= 15 is 0 Å². The second-order valence-corrected chi connectivity index (χ2v) is 6.35. The van der Waals surface area contributed by atoms with Crippen LogP contribution in [0.4, 0.5) is 11.4 Å². The van der Waals surface area contributed by atoms with Crippen molar-refractivity contribution in [2.75, 3.05) is 44.3 Å². The zero-order chi connectivity index (χ0) is 17.6. The van der Waals surface area contributed by atoms with E-state index in [4.69, 9.17) is 15.9 Å². The van der Waals surface area contributed by atoms with E-state index in [1.165, 1.54) is 25.9 Å². The Morgan fingerprint density at radius 1 is 1.16 bits per heavy atom. The van der Waals surface area contributed by atoms with Crippen LogP contribution in [0.15, 0.2) is 42.5 Å². The Balaban J connectivity index is 1.62. The number of anilines is 2. The maximum absolute atomic E-state index is 8.45. The molecule has 0 aliphatic carbocycles. The molecule has 3 rings (SSSR count). The number of ether oxygens (including phenoxy) is 1. The quantitative estimate of drug-likeness (QED) is 0.535. The molecule has 25 heavy (non-hydrogen) atoms. The van der Waals surface area contributed by atoms with Gasteiger partial charge in [-0.15, -0.1) is 0 Å². The average molecular weight is 338 g/mol. The number of hydrogen-bond acceptors (Lipinski definition) is 5. The maximum atomic E-state index is 8.45. The minimum atomic E-state index is 0.415. The lowest BCUT2D eigenvalue weighted by Crippen LogP contribution is -2.25. The van der Waals surface area contributed by atoms with Gasteiger partial charge < -0.3 is 15.8 Å². The lowest BCUT2D eigenvalue weighted by atomic mass is 10.0. The first-order valence-electron chi connectivity index (χ1n) is 8.79. The number of nitrogens with two attached hydrogens (primary N) is 1. The van der Waals surface area contributed by atoms with Crippen LogP contribution in [0.25, 0.3) is 0 Å². The highest BCUT2D eigenvalue weighted by atomic mass is 16.5. The Morgan fingerprint density at radius 3 is 2.56 bits per heavy atom. The van der Waals surface area contributed by atoms with Crippen LogP contribution in [-0.2, 0) is 0 Å². The summed E-state index contributed by atoms with van der Waals surface area (Å²) in [6.07, 6.45) is 2.60. The molecule has 2 aromatic rings. The third kappa shape index (κ3) is 4.31. The van der Waals surface area contributed by atoms with Gasteiger partial charge in [0.25, 0.3) is 0 Å². The van der Waals surface area contributed by atoms with Gasteiger partial charge in [0.05, 0.1) is 5.71 Å². The van der Waals surface area contributed by atoms with Crippen molar-refractivity contribution in [3.63, 3.8) is 0 Å². The smallest absolute Gasteiger partial charge is 0.119 e. The molecule has 1 heterocycles. The van der Waals surface area contributed by atoms with Crippen LogP contribution in [0, 0.1) is 5.41 Å². The number of nitrogens with zero attached hydrogens (tertiary/aromatic N) is 1. The normalized spacial score (nSPS) is 14.4. The summed E-state index contributed by atoms with van der Waals surface area (Å²) in [6, 6.07) is 13.3. The number of hydrogen-bond donors (Lipinski definition) is 3. The van der Waals surface area contributed by atoms with Gasteiger partial charge in [0.2, 0.25) is 0 Å². The van der Waals surface area contributed by atoms with E-state index in [1.807, 2.05) is 49.5 Å². The first kappa shape index (κ1) is 17.3. The Kier molecular flexibility index (Phi) is 5.56. The zero-order valence-corrected chi connectivity index (χ0v) is 14.7. The molecule has 0 spiro atoms. The van der Waals surface area contributed by atoms with Crippen molar-refractivity contribution in [1.29, 1.82) is 5.41 Å². The lowest BCUT2D eigenvalue weighted by Gasteiger charge is -2.15. The molecule has 0 atom stereocenters. The summed E-state index contributed by atoms with van der Waals surface area (Å²) >= 11 is 0. The van der Waals surface area contributed by atoms with Crippen LogP contribution in [0.1, 0.15) is 24.0 Å². The predicted octanol–water partition coefficient (Wildman–Crippen LogP) is 3.20. The summed E-state index contributed by atoms with van der Waals surface area (Å²) in [4.78, 5) is 2.43. The van der Waals surface area contributed by atoms with Crippen LogP contribution < -0.4 is 15.8 Å². The minimum absolute atomic E-state index is 0.415. The van der Waals surface area contributed by atoms with Crippen molar-refractivity contribution in [3.05, 3.63) is 53.6 Å². The lowest BCUT2D eigenvalue weighted by molar-refractivity contribution is 0.238. The number of nitrogens with one attached hydrogen (secondary N) is 2. The monoisotopic (exact) mass is 338 g/mol. The Hall–Kier alpha value is -2.53. The summed E-state index contributed by atoms with van der Waals surface area (Å²) in [5.41, 5.74) is 9.56. The van der Waals surface area contributed by atoms with Crippen LogP contribution in [0.2, 0.25) is 0 Å². The number of likely N-dealkylation sites (tertiary alicyclic amines) is 1. The van der Waals surface area contributed by atoms with Crippen molar-refractivity contribution in [2.24, 2.45) is 0 Å². The molecule has 2 aromatic carbocycles. The summed E-state index contributed by atoms with van der Waals surface area (Å²) in [7, 11) is 1.85. The van der Waals surface area contributed by atoms with E-state index in [2.05, 4.69) is 10.2 Å². The van der Waals surface area contributed by atoms with E-state index in [-0.39, 0.29) is 0 Å². The number of nitrogen functional groups attached to an aromatic ring is 1. The van der Waals surface area contributed by atoms with Gasteiger partial charge in [-0.2, -0.15) is 0 Å². The van der Waals surface area contributed by atoms with E-state index in [1.54, 1.807) is 0 Å². The van der Waals surface area contributed by atoms with Crippen molar-refractivity contribution in [2.45, 2.75) is 12.8 Å². The highest BCUT2D eigenvalue weighted by Gasteiger charge is 2.12. The molecule has 0 bridgehead atoms. The third-order valence-electron chi connectivity index (χ3n) is 4.63. The maximum Gasteiger partial charge on any atom is 0.119 e. The van der Waals surface area contributed by atoms with E-state index < -0.39 is 0 Å². The minimum Gasteiger partial charge on any atom is -0.492 e. The summed E-state index contributed by atoms with van der Waals surface area (Å²) in [5, 5.41) is 11.5. The van der Waals surface area contributed by atoms with Gasteiger partial charge in [-0.25, -0.2) is 0 Å². The molecule has 1 aliphatic heterocycles.